The summed E-state index contributed by atoms with van der Waals surface area (Å²) in [6, 6.07) is 6.22. The summed E-state index contributed by atoms with van der Waals surface area (Å²) in [6.45, 7) is 0.309. The van der Waals surface area contributed by atoms with E-state index in [1.807, 2.05) is 0 Å². The Morgan fingerprint density at radius 2 is 1.86 bits per heavy atom. The fourth-order valence-corrected chi connectivity index (χ4v) is 5.54. The molecule has 0 spiro atoms. The maximum Gasteiger partial charge on any atom is 0.289 e. The summed E-state index contributed by atoms with van der Waals surface area (Å²) in [5, 5.41) is -0.289. The average molecular weight is 391 g/mol. The molecule has 0 saturated carbocycles. The third-order valence-corrected chi connectivity index (χ3v) is 7.11. The lowest BCUT2D eigenvalue weighted by atomic mass is 10.1. The zero-order valence-corrected chi connectivity index (χ0v) is 13.9. The van der Waals surface area contributed by atoms with Gasteiger partial charge in [-0.15, -0.1) is 0 Å². The Morgan fingerprint density at radius 1 is 1.19 bits per heavy atom. The number of imide groups is 1. The van der Waals surface area contributed by atoms with Gasteiger partial charge < -0.3 is 0 Å². The Morgan fingerprint density at radius 3 is 2.43 bits per heavy atom. The van der Waals surface area contributed by atoms with Gasteiger partial charge in [-0.05, 0) is 28.1 Å². The van der Waals surface area contributed by atoms with Crippen molar-refractivity contribution < 1.29 is 18.0 Å². The van der Waals surface area contributed by atoms with Crippen molar-refractivity contribution in [3.8, 4) is 0 Å². The molecule has 3 rings (SSSR count). The van der Waals surface area contributed by atoms with E-state index in [1.54, 1.807) is 18.2 Å². The van der Waals surface area contributed by atoms with Crippen LogP contribution in [0.2, 0.25) is 0 Å². The highest BCUT2D eigenvalue weighted by Crippen LogP contribution is 2.31. The fourth-order valence-electron chi connectivity index (χ4n) is 2.29. The first-order chi connectivity index (χ1) is 9.91. The fraction of sp³-hybridized carbons (Fsp3) is 0.333. The van der Waals surface area contributed by atoms with Crippen molar-refractivity contribution >= 4 is 48.9 Å². The predicted molar refractivity (Wildman–Crippen MR) is 81.4 cm³/mol. The summed E-state index contributed by atoms with van der Waals surface area (Å²) in [5.74, 6) is -0.0975. The number of carbonyl (C=O) groups is 2. The highest BCUT2D eigenvalue weighted by Gasteiger charge is 2.46. The van der Waals surface area contributed by atoms with Gasteiger partial charge in [-0.1, -0.05) is 23.9 Å². The van der Waals surface area contributed by atoms with Gasteiger partial charge in [0.25, 0.3) is 5.24 Å². The highest BCUT2D eigenvalue weighted by atomic mass is 79.9. The molecule has 1 aromatic rings. The normalized spacial score (nSPS) is 20.9. The van der Waals surface area contributed by atoms with Gasteiger partial charge in [0.15, 0.2) is 0 Å². The molecule has 0 atom stereocenters. The largest absolute Gasteiger partial charge is 0.289 e. The number of halogens is 1. The zero-order chi connectivity index (χ0) is 15.2. The van der Waals surface area contributed by atoms with E-state index in [0.29, 0.717) is 4.47 Å². The van der Waals surface area contributed by atoms with E-state index in [9.17, 15) is 18.0 Å². The van der Waals surface area contributed by atoms with Crippen LogP contribution in [0.5, 0.6) is 0 Å². The number of carbonyl (C=O) groups excluding carboxylic acids is 2. The van der Waals surface area contributed by atoms with Crippen LogP contribution in [-0.4, -0.2) is 53.7 Å². The number of amides is 2. The van der Waals surface area contributed by atoms with Crippen LogP contribution < -0.4 is 0 Å². The first-order valence-corrected chi connectivity index (χ1v) is 9.36. The average Bonchev–Trinajstić information content (AvgIpc) is 2.69. The van der Waals surface area contributed by atoms with E-state index < -0.39 is 10.0 Å². The SMILES string of the molecule is O=C1CSC(=O)N1C1CN(S(=O)(=O)c2ccccc2Br)C1. The Bertz CT molecular complexity index is 700. The van der Waals surface area contributed by atoms with Crippen LogP contribution in [0.1, 0.15) is 0 Å². The second-order valence-corrected chi connectivity index (χ2v) is 8.41. The topological polar surface area (TPSA) is 74.8 Å². The summed E-state index contributed by atoms with van der Waals surface area (Å²) in [7, 11) is -3.60. The van der Waals surface area contributed by atoms with E-state index in [-0.39, 0.29) is 40.9 Å². The van der Waals surface area contributed by atoms with Gasteiger partial charge in [0.2, 0.25) is 15.9 Å². The minimum Gasteiger partial charge on any atom is -0.273 e. The standard InChI is InChI=1S/C12H11BrN2O4S2/c13-9-3-1-2-4-10(9)21(18,19)14-5-8(6-14)15-11(16)7-20-12(15)17/h1-4,8H,5-7H2. The minimum atomic E-state index is -3.60. The molecule has 2 amide bonds. The Hall–Kier alpha value is -0.900. The molecule has 0 aromatic heterocycles. The molecule has 0 aliphatic carbocycles. The van der Waals surface area contributed by atoms with E-state index >= 15 is 0 Å². The third kappa shape index (κ3) is 2.52. The van der Waals surface area contributed by atoms with Crippen LogP contribution in [0.25, 0.3) is 0 Å². The molecule has 2 aliphatic heterocycles. The molecule has 1 aromatic carbocycles. The van der Waals surface area contributed by atoms with Crippen LogP contribution in [0.15, 0.2) is 33.6 Å². The van der Waals surface area contributed by atoms with Gasteiger partial charge in [-0.3, -0.25) is 14.5 Å². The molecule has 0 N–H and O–H groups in total. The summed E-state index contributed by atoms with van der Waals surface area (Å²) < 4.78 is 26.7. The first-order valence-electron chi connectivity index (χ1n) is 6.15. The molecule has 9 heteroatoms. The summed E-state index contributed by atoms with van der Waals surface area (Å²) >= 11 is 4.19. The molecular weight excluding hydrogens is 380 g/mol. The lowest BCUT2D eigenvalue weighted by Crippen LogP contribution is -2.61. The minimum absolute atomic E-state index is 0.145. The number of hydrogen-bond donors (Lipinski definition) is 0. The van der Waals surface area contributed by atoms with Gasteiger partial charge in [0, 0.05) is 17.6 Å². The van der Waals surface area contributed by atoms with Gasteiger partial charge in [-0.25, -0.2) is 8.42 Å². The number of rotatable bonds is 3. The molecular formula is C12H11BrN2O4S2. The van der Waals surface area contributed by atoms with Crippen molar-refractivity contribution in [1.82, 2.24) is 9.21 Å². The number of thioether (sulfide) groups is 1. The summed E-state index contributed by atoms with van der Waals surface area (Å²) in [5.41, 5.74) is 0. The summed E-state index contributed by atoms with van der Waals surface area (Å²) in [4.78, 5) is 24.6. The Balaban J connectivity index is 1.75. The second kappa shape index (κ2) is 5.38. The van der Waals surface area contributed by atoms with E-state index in [1.165, 1.54) is 15.3 Å². The van der Waals surface area contributed by atoms with Crippen molar-refractivity contribution in [2.75, 3.05) is 18.8 Å². The van der Waals surface area contributed by atoms with Crippen LogP contribution in [0.4, 0.5) is 4.79 Å². The van der Waals surface area contributed by atoms with Gasteiger partial charge >= 0.3 is 0 Å². The molecule has 0 radical (unpaired) electrons. The van der Waals surface area contributed by atoms with Crippen molar-refractivity contribution in [3.63, 3.8) is 0 Å². The predicted octanol–water partition coefficient (Wildman–Crippen LogP) is 1.52. The maximum absolute atomic E-state index is 12.5. The lowest BCUT2D eigenvalue weighted by molar-refractivity contribution is -0.127. The molecule has 2 fully saturated rings. The zero-order valence-electron chi connectivity index (χ0n) is 10.7. The van der Waals surface area contributed by atoms with Crippen LogP contribution >= 0.6 is 27.7 Å². The molecule has 2 saturated heterocycles. The Labute approximate surface area is 134 Å². The van der Waals surface area contributed by atoms with E-state index in [0.717, 1.165) is 11.8 Å². The van der Waals surface area contributed by atoms with Gasteiger partial charge in [0.1, 0.15) is 0 Å². The maximum atomic E-state index is 12.5. The highest BCUT2D eigenvalue weighted by molar-refractivity contribution is 9.10. The quantitative estimate of drug-likeness (QED) is 0.781. The number of nitrogens with zero attached hydrogens (tertiary/aromatic N) is 2. The molecule has 0 bridgehead atoms. The molecule has 2 heterocycles. The first kappa shape index (κ1) is 15.0. The van der Waals surface area contributed by atoms with E-state index in [2.05, 4.69) is 15.9 Å². The monoisotopic (exact) mass is 390 g/mol. The third-order valence-electron chi connectivity index (χ3n) is 3.43. The van der Waals surface area contributed by atoms with Crippen LogP contribution in [0.3, 0.4) is 0 Å². The second-order valence-electron chi connectivity index (χ2n) is 4.72. The van der Waals surface area contributed by atoms with Crippen molar-refractivity contribution in [2.24, 2.45) is 0 Å². The number of benzene rings is 1. The van der Waals surface area contributed by atoms with Gasteiger partial charge in [-0.2, -0.15) is 4.31 Å². The lowest BCUT2D eigenvalue weighted by Gasteiger charge is -2.41. The Kier molecular flexibility index (Phi) is 3.85. The van der Waals surface area contributed by atoms with E-state index in [4.69, 9.17) is 0 Å². The molecule has 112 valence electrons. The molecule has 21 heavy (non-hydrogen) atoms. The van der Waals surface area contributed by atoms with Crippen molar-refractivity contribution in [3.05, 3.63) is 28.7 Å². The number of hydrogen-bond acceptors (Lipinski definition) is 5. The molecule has 6 nitrogen and oxygen atoms in total. The van der Waals surface area contributed by atoms with Crippen molar-refractivity contribution in [2.45, 2.75) is 10.9 Å². The van der Waals surface area contributed by atoms with Gasteiger partial charge in [0.05, 0.1) is 16.7 Å². The summed E-state index contributed by atoms with van der Waals surface area (Å²) in [6.07, 6.45) is 0. The molecule has 0 unspecified atom stereocenters. The number of sulfonamides is 1. The van der Waals surface area contributed by atoms with Crippen LogP contribution in [0, 0.1) is 0 Å². The van der Waals surface area contributed by atoms with Crippen molar-refractivity contribution in [1.29, 1.82) is 0 Å². The molecule has 2 aliphatic rings. The van der Waals surface area contributed by atoms with Crippen LogP contribution in [-0.2, 0) is 14.8 Å². The smallest absolute Gasteiger partial charge is 0.273 e.